The predicted molar refractivity (Wildman–Crippen MR) is 128 cm³/mol. The Morgan fingerprint density at radius 1 is 1.00 bits per heavy atom. The first-order chi connectivity index (χ1) is 15.5. The molecule has 170 valence electrons. The lowest BCUT2D eigenvalue weighted by molar-refractivity contribution is 0.324. The van der Waals surface area contributed by atoms with Crippen molar-refractivity contribution in [2.24, 2.45) is 4.99 Å². The summed E-state index contributed by atoms with van der Waals surface area (Å²) in [5.74, 6) is 2.33. The molecule has 2 N–H and O–H groups in total. The van der Waals surface area contributed by atoms with E-state index in [1.165, 1.54) is 0 Å². The Morgan fingerprint density at radius 2 is 1.69 bits per heavy atom. The third kappa shape index (κ3) is 5.14. The number of nitrogens with zero attached hydrogens (tertiary/aromatic N) is 3. The second-order valence-electron chi connectivity index (χ2n) is 7.20. The Hall–Kier alpha value is -3.68. The van der Waals surface area contributed by atoms with Crippen molar-refractivity contribution >= 4 is 11.6 Å². The highest BCUT2D eigenvalue weighted by atomic mass is 16.5. The molecule has 0 radical (unpaired) electrons. The summed E-state index contributed by atoms with van der Waals surface area (Å²) in [5.41, 5.74) is 4.93. The Labute approximate surface area is 189 Å². The number of rotatable bonds is 8. The molecule has 3 rings (SSSR count). The van der Waals surface area contributed by atoms with E-state index in [9.17, 15) is 0 Å². The van der Waals surface area contributed by atoms with Gasteiger partial charge in [0.25, 0.3) is 0 Å². The summed E-state index contributed by atoms with van der Waals surface area (Å²) in [6, 6.07) is 13.9. The van der Waals surface area contributed by atoms with Crippen molar-refractivity contribution in [1.29, 1.82) is 0 Å². The lowest BCUT2D eigenvalue weighted by Crippen LogP contribution is -2.30. The Morgan fingerprint density at radius 3 is 2.25 bits per heavy atom. The number of methoxy groups -OCH3 is 3. The number of ether oxygens (including phenoxy) is 3. The molecule has 0 unspecified atom stereocenters. The van der Waals surface area contributed by atoms with Gasteiger partial charge in [0.2, 0.25) is 5.75 Å². The third-order valence-corrected chi connectivity index (χ3v) is 4.91. The zero-order chi connectivity index (χ0) is 23.1. The largest absolute Gasteiger partial charge is 0.493 e. The molecule has 0 spiro atoms. The SMILES string of the molecule is CCNC(=NCc1ccccc1-n1nc(C)cc1C)Nc1cc(OC)c(OC)c(OC)c1. The molecule has 0 fully saturated rings. The summed E-state index contributed by atoms with van der Waals surface area (Å²) in [4.78, 5) is 4.80. The van der Waals surface area contributed by atoms with E-state index < -0.39 is 0 Å². The lowest BCUT2D eigenvalue weighted by Gasteiger charge is -2.17. The molecule has 0 aliphatic rings. The highest BCUT2D eigenvalue weighted by molar-refractivity contribution is 5.94. The van der Waals surface area contributed by atoms with Crippen molar-refractivity contribution < 1.29 is 14.2 Å². The standard InChI is InChI=1S/C24H31N5O3/c1-7-25-24(27-19-13-21(30-4)23(32-6)22(14-19)31-5)26-15-18-10-8-9-11-20(18)29-17(3)12-16(2)28-29/h8-14H,7,15H2,1-6H3,(H2,25,26,27). The number of para-hydroxylation sites is 1. The number of aryl methyl sites for hydroxylation is 2. The first-order valence-corrected chi connectivity index (χ1v) is 10.5. The van der Waals surface area contributed by atoms with Crippen molar-refractivity contribution in [2.45, 2.75) is 27.3 Å². The third-order valence-electron chi connectivity index (χ3n) is 4.91. The summed E-state index contributed by atoms with van der Waals surface area (Å²) >= 11 is 0. The van der Waals surface area contributed by atoms with E-state index in [1.54, 1.807) is 21.3 Å². The van der Waals surface area contributed by atoms with Gasteiger partial charge in [-0.1, -0.05) is 18.2 Å². The summed E-state index contributed by atoms with van der Waals surface area (Å²) in [6.45, 7) is 7.27. The van der Waals surface area contributed by atoms with E-state index in [2.05, 4.69) is 40.9 Å². The predicted octanol–water partition coefficient (Wildman–Crippen LogP) is 4.09. The van der Waals surface area contributed by atoms with Gasteiger partial charge in [0, 0.05) is 30.1 Å². The van der Waals surface area contributed by atoms with Gasteiger partial charge in [-0.15, -0.1) is 0 Å². The first kappa shape index (κ1) is 23.0. The fraction of sp³-hybridized carbons (Fsp3) is 0.333. The maximum atomic E-state index is 5.45. The molecule has 0 bridgehead atoms. The van der Waals surface area contributed by atoms with Crippen LogP contribution in [-0.2, 0) is 6.54 Å². The molecule has 0 aliphatic carbocycles. The minimum Gasteiger partial charge on any atom is -0.493 e. The molecule has 0 saturated carbocycles. The maximum absolute atomic E-state index is 5.45. The summed E-state index contributed by atoms with van der Waals surface area (Å²) < 4.78 is 18.3. The molecule has 0 amide bonds. The number of hydrogen-bond acceptors (Lipinski definition) is 5. The normalized spacial score (nSPS) is 11.2. The van der Waals surface area contributed by atoms with E-state index in [0.29, 0.717) is 29.8 Å². The van der Waals surface area contributed by atoms with E-state index in [4.69, 9.17) is 19.2 Å². The van der Waals surface area contributed by atoms with Crippen molar-refractivity contribution in [2.75, 3.05) is 33.2 Å². The molecule has 0 aliphatic heterocycles. The van der Waals surface area contributed by atoms with Crippen LogP contribution in [0, 0.1) is 13.8 Å². The molecule has 1 aromatic heterocycles. The number of aromatic nitrogens is 2. The second kappa shape index (κ2) is 10.6. The van der Waals surface area contributed by atoms with Gasteiger partial charge in [-0.25, -0.2) is 9.67 Å². The minimum atomic E-state index is 0.480. The van der Waals surface area contributed by atoms with Gasteiger partial charge < -0.3 is 24.8 Å². The summed E-state index contributed by atoms with van der Waals surface area (Å²) in [6.07, 6.45) is 0. The van der Waals surface area contributed by atoms with Crippen molar-refractivity contribution in [3.63, 3.8) is 0 Å². The number of aliphatic imine (C=N–C) groups is 1. The highest BCUT2D eigenvalue weighted by Gasteiger charge is 2.14. The van der Waals surface area contributed by atoms with Gasteiger partial charge in [-0.3, -0.25) is 0 Å². The highest BCUT2D eigenvalue weighted by Crippen LogP contribution is 2.39. The number of nitrogens with one attached hydrogen (secondary N) is 2. The van der Waals surface area contributed by atoms with E-state index in [0.717, 1.165) is 34.9 Å². The summed E-state index contributed by atoms with van der Waals surface area (Å²) in [5, 5.41) is 11.2. The van der Waals surface area contributed by atoms with Crippen LogP contribution in [0.1, 0.15) is 23.9 Å². The van der Waals surface area contributed by atoms with Crippen LogP contribution in [0.2, 0.25) is 0 Å². The van der Waals surface area contributed by atoms with E-state index >= 15 is 0 Å². The Kier molecular flexibility index (Phi) is 7.59. The average Bonchev–Trinajstić information content (AvgIpc) is 3.14. The van der Waals surface area contributed by atoms with Gasteiger partial charge in [0.1, 0.15) is 0 Å². The Bertz CT molecular complexity index is 1070. The topological polar surface area (TPSA) is 81.9 Å². The van der Waals surface area contributed by atoms with Gasteiger partial charge in [0.05, 0.1) is 39.3 Å². The van der Waals surface area contributed by atoms with Gasteiger partial charge in [-0.05, 0) is 38.5 Å². The number of anilines is 1. The van der Waals surface area contributed by atoms with Crippen molar-refractivity contribution in [1.82, 2.24) is 15.1 Å². The summed E-state index contributed by atoms with van der Waals surface area (Å²) in [7, 11) is 4.77. The van der Waals surface area contributed by atoms with Gasteiger partial charge >= 0.3 is 0 Å². The number of benzene rings is 2. The molecule has 0 atom stereocenters. The monoisotopic (exact) mass is 437 g/mol. The lowest BCUT2D eigenvalue weighted by atomic mass is 10.2. The van der Waals surface area contributed by atoms with Gasteiger partial charge in [0.15, 0.2) is 17.5 Å². The van der Waals surface area contributed by atoms with E-state index in [1.807, 2.05) is 42.8 Å². The molecular weight excluding hydrogens is 406 g/mol. The van der Waals surface area contributed by atoms with Crippen molar-refractivity contribution in [3.05, 3.63) is 59.4 Å². The molecule has 1 heterocycles. The smallest absolute Gasteiger partial charge is 0.203 e. The fourth-order valence-corrected chi connectivity index (χ4v) is 3.49. The van der Waals surface area contributed by atoms with Crippen LogP contribution in [0.4, 0.5) is 5.69 Å². The first-order valence-electron chi connectivity index (χ1n) is 10.5. The minimum absolute atomic E-state index is 0.480. The zero-order valence-electron chi connectivity index (χ0n) is 19.5. The zero-order valence-corrected chi connectivity index (χ0v) is 19.5. The van der Waals surface area contributed by atoms with Crippen LogP contribution in [0.5, 0.6) is 17.2 Å². The van der Waals surface area contributed by atoms with Crippen LogP contribution in [-0.4, -0.2) is 43.6 Å². The molecular formula is C24H31N5O3. The number of guanidine groups is 1. The van der Waals surface area contributed by atoms with Crippen LogP contribution < -0.4 is 24.8 Å². The molecule has 2 aromatic carbocycles. The van der Waals surface area contributed by atoms with Crippen LogP contribution >= 0.6 is 0 Å². The molecule has 32 heavy (non-hydrogen) atoms. The number of hydrogen-bond donors (Lipinski definition) is 2. The average molecular weight is 438 g/mol. The van der Waals surface area contributed by atoms with Gasteiger partial charge in [-0.2, -0.15) is 5.10 Å². The van der Waals surface area contributed by atoms with Crippen LogP contribution in [0.15, 0.2) is 47.5 Å². The van der Waals surface area contributed by atoms with Crippen molar-refractivity contribution in [3.8, 4) is 22.9 Å². The van der Waals surface area contributed by atoms with Crippen LogP contribution in [0.25, 0.3) is 5.69 Å². The van der Waals surface area contributed by atoms with E-state index in [-0.39, 0.29) is 0 Å². The second-order valence-corrected chi connectivity index (χ2v) is 7.20. The molecule has 3 aromatic rings. The quantitative estimate of drug-likeness (QED) is 0.408. The molecule has 8 nitrogen and oxygen atoms in total. The fourth-order valence-electron chi connectivity index (χ4n) is 3.49. The van der Waals surface area contributed by atoms with Crippen LogP contribution in [0.3, 0.4) is 0 Å². The Balaban J connectivity index is 1.90. The molecule has 0 saturated heterocycles. The maximum Gasteiger partial charge on any atom is 0.203 e. The molecule has 8 heteroatoms.